The predicted molar refractivity (Wildman–Crippen MR) is 109 cm³/mol. The molecule has 1 unspecified atom stereocenters. The summed E-state index contributed by atoms with van der Waals surface area (Å²) < 4.78 is 12.2. The average Bonchev–Trinajstić information content (AvgIpc) is 2.69. The number of carbonyl (C=O) groups is 2. The van der Waals surface area contributed by atoms with E-state index in [4.69, 9.17) is 9.47 Å². The number of carbonyl (C=O) groups excluding carboxylic acids is 2. The van der Waals surface area contributed by atoms with Crippen LogP contribution in [0.3, 0.4) is 0 Å². The number of para-hydroxylation sites is 2. The van der Waals surface area contributed by atoms with E-state index in [0.717, 1.165) is 4.47 Å². The van der Waals surface area contributed by atoms with Crippen LogP contribution in [0.25, 0.3) is 0 Å². The summed E-state index contributed by atoms with van der Waals surface area (Å²) in [6, 6.07) is 10.3. The highest BCUT2D eigenvalue weighted by Crippen LogP contribution is 2.31. The van der Waals surface area contributed by atoms with Crippen molar-refractivity contribution in [3.8, 4) is 17.2 Å². The zero-order valence-electron chi connectivity index (χ0n) is 14.3. The van der Waals surface area contributed by atoms with Crippen LogP contribution in [0, 0.1) is 0 Å². The second-order valence-corrected chi connectivity index (χ2v) is 7.47. The maximum atomic E-state index is 12.1. The van der Waals surface area contributed by atoms with Crippen molar-refractivity contribution in [2.75, 3.05) is 13.2 Å². The highest BCUT2D eigenvalue weighted by Gasteiger charge is 2.27. The van der Waals surface area contributed by atoms with Crippen LogP contribution < -0.4 is 20.2 Å². The van der Waals surface area contributed by atoms with Gasteiger partial charge in [-0.2, -0.15) is 5.10 Å². The third-order valence-electron chi connectivity index (χ3n) is 3.67. The van der Waals surface area contributed by atoms with E-state index in [1.807, 2.05) is 0 Å². The van der Waals surface area contributed by atoms with Gasteiger partial charge in [0.25, 0.3) is 11.8 Å². The summed E-state index contributed by atoms with van der Waals surface area (Å²) >= 11 is 6.50. The molecule has 2 amide bonds. The van der Waals surface area contributed by atoms with Crippen molar-refractivity contribution in [1.29, 1.82) is 0 Å². The summed E-state index contributed by atoms with van der Waals surface area (Å²) in [6.07, 6.45) is 0.446. The van der Waals surface area contributed by atoms with Gasteiger partial charge in [-0.05, 0) is 40.2 Å². The molecule has 28 heavy (non-hydrogen) atoms. The lowest BCUT2D eigenvalue weighted by Crippen LogP contribution is -2.46. The summed E-state index contributed by atoms with van der Waals surface area (Å²) in [5, 5.41) is 16.2. The highest BCUT2D eigenvalue weighted by atomic mass is 79.9. The van der Waals surface area contributed by atoms with Crippen molar-refractivity contribution in [2.45, 2.75) is 6.10 Å². The summed E-state index contributed by atoms with van der Waals surface area (Å²) in [4.78, 5) is 24.0. The highest BCUT2D eigenvalue weighted by molar-refractivity contribution is 9.11. The number of phenols is 1. The van der Waals surface area contributed by atoms with Gasteiger partial charge < -0.3 is 19.9 Å². The molecule has 2 aromatic rings. The molecule has 0 aromatic heterocycles. The number of nitrogens with zero attached hydrogens (tertiary/aromatic N) is 1. The fourth-order valence-electron chi connectivity index (χ4n) is 2.33. The average molecular weight is 513 g/mol. The van der Waals surface area contributed by atoms with Crippen LogP contribution in [0.2, 0.25) is 0 Å². The van der Waals surface area contributed by atoms with Crippen LogP contribution >= 0.6 is 31.9 Å². The third-order valence-corrected chi connectivity index (χ3v) is 4.74. The number of aromatic hydroxyl groups is 1. The molecule has 0 fully saturated rings. The summed E-state index contributed by atoms with van der Waals surface area (Å²) in [5.41, 5.74) is 2.67. The van der Waals surface area contributed by atoms with E-state index in [0.29, 0.717) is 21.5 Å². The molecular formula is C18H15Br2N3O5. The van der Waals surface area contributed by atoms with E-state index in [1.54, 1.807) is 36.4 Å². The first-order valence-corrected chi connectivity index (χ1v) is 9.69. The topological polar surface area (TPSA) is 109 Å². The van der Waals surface area contributed by atoms with Crippen molar-refractivity contribution in [3.63, 3.8) is 0 Å². The molecule has 8 nitrogen and oxygen atoms in total. The standard InChI is InChI=1S/C18H15Br2N3O5/c19-11-5-10(17(25)12(20)6-11)7-22-23-16(24)8-21-18(26)15-9-27-13-3-1-2-4-14(13)28-15/h1-7,15,25H,8-9H2,(H,21,26)(H,23,24). The van der Waals surface area contributed by atoms with Crippen molar-refractivity contribution in [2.24, 2.45) is 5.10 Å². The summed E-state index contributed by atoms with van der Waals surface area (Å²) in [5.74, 6) is 0.0331. The molecule has 1 aliphatic rings. The van der Waals surface area contributed by atoms with E-state index < -0.39 is 17.9 Å². The van der Waals surface area contributed by atoms with Gasteiger partial charge in [0.1, 0.15) is 12.4 Å². The SMILES string of the molecule is O=C(CNC(=O)C1COc2ccccc2O1)NN=Cc1cc(Br)cc(Br)c1O. The molecule has 3 rings (SSSR count). The molecule has 10 heteroatoms. The Balaban J connectivity index is 1.48. The molecule has 1 heterocycles. The molecule has 3 N–H and O–H groups in total. The Morgan fingerprint density at radius 3 is 2.79 bits per heavy atom. The molecule has 1 aliphatic heterocycles. The summed E-state index contributed by atoms with van der Waals surface area (Å²) in [7, 11) is 0. The minimum absolute atomic E-state index is 0.00997. The minimum Gasteiger partial charge on any atom is -0.506 e. The summed E-state index contributed by atoms with van der Waals surface area (Å²) in [6.45, 7) is -0.231. The normalized spacial score (nSPS) is 15.3. The zero-order valence-corrected chi connectivity index (χ0v) is 17.5. The lowest BCUT2D eigenvalue weighted by atomic mass is 10.2. The van der Waals surface area contributed by atoms with Crippen LogP contribution in [-0.2, 0) is 9.59 Å². The molecule has 146 valence electrons. The van der Waals surface area contributed by atoms with E-state index in [1.165, 1.54) is 6.21 Å². The Hall–Kier alpha value is -2.59. The number of phenolic OH excluding ortho intramolecular Hbond substituents is 1. The number of amides is 2. The molecule has 0 spiro atoms. The van der Waals surface area contributed by atoms with E-state index in [9.17, 15) is 14.7 Å². The second-order valence-electron chi connectivity index (χ2n) is 5.70. The molecule has 0 bridgehead atoms. The molecule has 2 aromatic carbocycles. The van der Waals surface area contributed by atoms with Gasteiger partial charge in [-0.25, -0.2) is 5.43 Å². The molecule has 0 saturated carbocycles. The van der Waals surface area contributed by atoms with Gasteiger partial charge in [-0.3, -0.25) is 9.59 Å². The van der Waals surface area contributed by atoms with Gasteiger partial charge in [0.15, 0.2) is 11.5 Å². The molecule has 0 aliphatic carbocycles. The number of halogens is 2. The van der Waals surface area contributed by atoms with Gasteiger partial charge in [0.05, 0.1) is 17.2 Å². The van der Waals surface area contributed by atoms with E-state index in [-0.39, 0.29) is 18.9 Å². The van der Waals surface area contributed by atoms with Gasteiger partial charge in [0.2, 0.25) is 6.10 Å². The number of hydrazone groups is 1. The van der Waals surface area contributed by atoms with Gasteiger partial charge in [-0.1, -0.05) is 28.1 Å². The Kier molecular flexibility index (Phi) is 6.53. The number of ether oxygens (including phenoxy) is 2. The van der Waals surface area contributed by atoms with Crippen LogP contribution in [0.1, 0.15) is 5.56 Å². The maximum absolute atomic E-state index is 12.1. The smallest absolute Gasteiger partial charge is 0.265 e. The van der Waals surface area contributed by atoms with Crippen LogP contribution in [0.5, 0.6) is 17.2 Å². The van der Waals surface area contributed by atoms with Crippen molar-refractivity contribution in [3.05, 3.63) is 50.9 Å². The van der Waals surface area contributed by atoms with Crippen molar-refractivity contribution < 1.29 is 24.2 Å². The number of nitrogens with one attached hydrogen (secondary N) is 2. The Labute approximate surface area is 177 Å². The third kappa shape index (κ3) is 5.02. The van der Waals surface area contributed by atoms with Crippen LogP contribution in [-0.4, -0.2) is 42.4 Å². The first-order chi connectivity index (χ1) is 13.4. The number of rotatable bonds is 5. The van der Waals surface area contributed by atoms with Crippen LogP contribution in [0.4, 0.5) is 0 Å². The molecule has 0 radical (unpaired) electrons. The van der Waals surface area contributed by atoms with Crippen molar-refractivity contribution >= 4 is 49.9 Å². The lowest BCUT2D eigenvalue weighted by molar-refractivity contribution is -0.132. The van der Waals surface area contributed by atoms with E-state index >= 15 is 0 Å². The van der Waals surface area contributed by atoms with Crippen molar-refractivity contribution in [1.82, 2.24) is 10.7 Å². The predicted octanol–water partition coefficient (Wildman–Crippen LogP) is 2.32. The first kappa shape index (κ1) is 20.2. The Bertz CT molecular complexity index is 935. The quantitative estimate of drug-likeness (QED) is 0.421. The lowest BCUT2D eigenvalue weighted by Gasteiger charge is -2.25. The molecule has 0 saturated heterocycles. The largest absolute Gasteiger partial charge is 0.506 e. The second kappa shape index (κ2) is 9.07. The Morgan fingerprint density at radius 1 is 1.25 bits per heavy atom. The first-order valence-electron chi connectivity index (χ1n) is 8.10. The Morgan fingerprint density at radius 2 is 2.00 bits per heavy atom. The number of benzene rings is 2. The van der Waals surface area contributed by atoms with Gasteiger partial charge in [0, 0.05) is 10.0 Å². The van der Waals surface area contributed by atoms with Gasteiger partial charge in [-0.15, -0.1) is 0 Å². The number of hydrogen-bond acceptors (Lipinski definition) is 6. The number of hydrogen-bond donors (Lipinski definition) is 3. The number of fused-ring (bicyclic) bond motifs is 1. The van der Waals surface area contributed by atoms with Crippen LogP contribution in [0.15, 0.2) is 50.4 Å². The molecule has 1 atom stereocenters. The van der Waals surface area contributed by atoms with Gasteiger partial charge >= 0.3 is 0 Å². The van der Waals surface area contributed by atoms with E-state index in [2.05, 4.69) is 47.7 Å². The fraction of sp³-hybridized carbons (Fsp3) is 0.167. The zero-order chi connectivity index (χ0) is 20.1. The fourth-order valence-corrected chi connectivity index (χ4v) is 3.59. The molecular weight excluding hydrogens is 498 g/mol. The minimum atomic E-state index is -0.845. The maximum Gasteiger partial charge on any atom is 0.265 e. The monoisotopic (exact) mass is 511 g/mol.